The number of morpholine rings is 1. The number of esters is 1. The van der Waals surface area contributed by atoms with E-state index in [-0.39, 0.29) is 28.7 Å². The summed E-state index contributed by atoms with van der Waals surface area (Å²) in [7, 11) is 0. The number of rotatable bonds is 5. The molecule has 3 fully saturated rings. The Hall–Kier alpha value is -1.46. The second-order valence-corrected chi connectivity index (χ2v) is 11.7. The van der Waals surface area contributed by atoms with Crippen molar-refractivity contribution in [2.45, 2.75) is 78.2 Å². The molecule has 0 aromatic rings. The highest BCUT2D eigenvalue weighted by Crippen LogP contribution is 2.65. The molecule has 0 aromatic heterocycles. The van der Waals surface area contributed by atoms with Crippen LogP contribution in [-0.2, 0) is 19.1 Å². The zero-order valence-corrected chi connectivity index (χ0v) is 20.7. The average Bonchev–Trinajstić information content (AvgIpc) is 3.16. The Morgan fingerprint density at radius 3 is 2.58 bits per heavy atom. The number of carbonyl (C=O) groups excluding carboxylic acids is 2. The van der Waals surface area contributed by atoms with E-state index in [1.54, 1.807) is 6.92 Å². The lowest BCUT2D eigenvalue weighted by Gasteiger charge is -2.57. The summed E-state index contributed by atoms with van der Waals surface area (Å²) in [6.07, 6.45) is 12.8. The number of nitrogens with zero attached hydrogens (tertiary/aromatic N) is 1. The molecule has 5 aliphatic rings. The number of Topliss-reactive ketones (excluding diaryl/α,β-unsaturated/α-hetero) is 1. The lowest BCUT2D eigenvalue weighted by Crippen LogP contribution is -2.50. The van der Waals surface area contributed by atoms with E-state index in [1.807, 2.05) is 0 Å². The third-order valence-electron chi connectivity index (χ3n) is 10.1. The molecular weight excluding hydrogens is 414 g/mol. The van der Waals surface area contributed by atoms with Gasteiger partial charge in [-0.3, -0.25) is 14.5 Å². The highest BCUT2D eigenvalue weighted by molar-refractivity contribution is 5.95. The fraction of sp³-hybridized carbons (Fsp3) is 0.786. The molecule has 0 amide bonds. The van der Waals surface area contributed by atoms with Crippen LogP contribution in [0.15, 0.2) is 23.3 Å². The van der Waals surface area contributed by atoms with E-state index in [4.69, 9.17) is 9.47 Å². The highest BCUT2D eigenvalue weighted by Gasteiger charge is 2.57. The van der Waals surface area contributed by atoms with Gasteiger partial charge in [0.25, 0.3) is 0 Å². The van der Waals surface area contributed by atoms with E-state index >= 15 is 0 Å². The molecule has 0 bridgehead atoms. The second kappa shape index (κ2) is 8.96. The van der Waals surface area contributed by atoms with E-state index in [0.29, 0.717) is 24.2 Å². The fourth-order valence-corrected chi connectivity index (χ4v) is 8.16. The molecule has 1 aliphatic heterocycles. The predicted octanol–water partition coefficient (Wildman–Crippen LogP) is 4.71. The van der Waals surface area contributed by atoms with Crippen molar-refractivity contribution in [2.75, 3.05) is 32.8 Å². The SMILES string of the molecule is CC(=O)C1=CC[C@H]2[C@H]3CC=C4C[C@@H](OC(=O)CCN5CCOCC5)CC[C@]4(C)[C@@H]3CC[C@]12C. The standard InChI is InChI=1S/C28H41NO4/c1-19(30)23-6-7-24-22-5-4-20-18-21(33-26(31)10-13-29-14-16-32-17-15-29)8-11-27(20,2)25(22)9-12-28(23,24)3/h4,6,21-22,24-25H,5,7-18H2,1-3H3/t21-,22+,24-,25+,27-,28+/m0/s1. The van der Waals surface area contributed by atoms with Crippen molar-refractivity contribution >= 4 is 11.8 Å². The van der Waals surface area contributed by atoms with Crippen molar-refractivity contribution in [3.63, 3.8) is 0 Å². The molecule has 1 heterocycles. The number of hydrogen-bond acceptors (Lipinski definition) is 5. The first-order valence-electron chi connectivity index (χ1n) is 13.2. The zero-order valence-electron chi connectivity index (χ0n) is 20.7. The van der Waals surface area contributed by atoms with E-state index in [9.17, 15) is 9.59 Å². The van der Waals surface area contributed by atoms with E-state index in [0.717, 1.165) is 76.9 Å². The lowest BCUT2D eigenvalue weighted by molar-refractivity contribution is -0.152. The summed E-state index contributed by atoms with van der Waals surface area (Å²) in [6.45, 7) is 10.7. The average molecular weight is 456 g/mol. The lowest BCUT2D eigenvalue weighted by atomic mass is 9.47. The minimum atomic E-state index is -0.0494. The summed E-state index contributed by atoms with van der Waals surface area (Å²) in [5.74, 6) is 2.17. The van der Waals surface area contributed by atoms with Crippen LogP contribution in [0, 0.1) is 28.6 Å². The van der Waals surface area contributed by atoms with Gasteiger partial charge < -0.3 is 9.47 Å². The van der Waals surface area contributed by atoms with Gasteiger partial charge in [-0.05, 0) is 79.6 Å². The summed E-state index contributed by atoms with van der Waals surface area (Å²) in [4.78, 5) is 27.1. The Bertz CT molecular complexity index is 856. The molecule has 0 N–H and O–H groups in total. The number of fused-ring (bicyclic) bond motifs is 5. The summed E-state index contributed by atoms with van der Waals surface area (Å²) in [6, 6.07) is 0. The molecule has 0 aromatic carbocycles. The van der Waals surface area contributed by atoms with E-state index in [1.165, 1.54) is 12.0 Å². The molecule has 6 atom stereocenters. The van der Waals surface area contributed by atoms with Gasteiger partial charge in [-0.15, -0.1) is 0 Å². The van der Waals surface area contributed by atoms with Crippen LogP contribution in [0.4, 0.5) is 0 Å². The summed E-state index contributed by atoms with van der Waals surface area (Å²) >= 11 is 0. The zero-order chi connectivity index (χ0) is 23.2. The molecule has 5 heteroatoms. The number of allylic oxidation sites excluding steroid dienone is 3. The second-order valence-electron chi connectivity index (χ2n) is 11.7. The maximum atomic E-state index is 12.5. The Balaban J connectivity index is 1.21. The third kappa shape index (κ3) is 4.14. The highest BCUT2D eigenvalue weighted by atomic mass is 16.5. The van der Waals surface area contributed by atoms with Crippen molar-refractivity contribution in [2.24, 2.45) is 28.6 Å². The normalized spacial score (nSPS) is 40.7. The predicted molar refractivity (Wildman–Crippen MR) is 128 cm³/mol. The Morgan fingerprint density at radius 2 is 1.82 bits per heavy atom. The van der Waals surface area contributed by atoms with Crippen molar-refractivity contribution in [3.05, 3.63) is 23.3 Å². The summed E-state index contributed by atoms with van der Waals surface area (Å²) in [5.41, 5.74) is 2.92. The molecule has 1 saturated heterocycles. The van der Waals surface area contributed by atoms with Crippen LogP contribution in [0.5, 0.6) is 0 Å². The van der Waals surface area contributed by atoms with Crippen molar-refractivity contribution in [1.29, 1.82) is 0 Å². The number of ketones is 1. The van der Waals surface area contributed by atoms with Crippen molar-refractivity contribution < 1.29 is 19.1 Å². The topological polar surface area (TPSA) is 55.8 Å². The van der Waals surface area contributed by atoms with Gasteiger partial charge in [0.2, 0.25) is 0 Å². The first kappa shape index (κ1) is 23.3. The summed E-state index contributed by atoms with van der Waals surface area (Å²) < 4.78 is 11.3. The van der Waals surface area contributed by atoms with Crippen LogP contribution in [0.3, 0.4) is 0 Å². The summed E-state index contributed by atoms with van der Waals surface area (Å²) in [5, 5.41) is 0. The minimum Gasteiger partial charge on any atom is -0.462 e. The van der Waals surface area contributed by atoms with Crippen LogP contribution >= 0.6 is 0 Å². The van der Waals surface area contributed by atoms with Crippen LogP contribution in [0.1, 0.15) is 72.1 Å². The molecule has 33 heavy (non-hydrogen) atoms. The minimum absolute atomic E-state index is 0.0318. The maximum Gasteiger partial charge on any atom is 0.307 e. The van der Waals surface area contributed by atoms with Gasteiger partial charge in [0.15, 0.2) is 5.78 Å². The van der Waals surface area contributed by atoms with Gasteiger partial charge >= 0.3 is 5.97 Å². The van der Waals surface area contributed by atoms with Gasteiger partial charge in [-0.2, -0.15) is 0 Å². The molecular formula is C28H41NO4. The van der Waals surface area contributed by atoms with Crippen LogP contribution < -0.4 is 0 Å². The largest absolute Gasteiger partial charge is 0.462 e. The molecule has 5 rings (SSSR count). The quantitative estimate of drug-likeness (QED) is 0.444. The molecule has 182 valence electrons. The first-order valence-corrected chi connectivity index (χ1v) is 13.2. The molecule has 4 aliphatic carbocycles. The van der Waals surface area contributed by atoms with E-state index in [2.05, 4.69) is 30.9 Å². The van der Waals surface area contributed by atoms with Crippen molar-refractivity contribution in [1.82, 2.24) is 4.90 Å². The van der Waals surface area contributed by atoms with Gasteiger partial charge in [-0.25, -0.2) is 0 Å². The van der Waals surface area contributed by atoms with Crippen molar-refractivity contribution in [3.8, 4) is 0 Å². The molecule has 0 unspecified atom stereocenters. The third-order valence-corrected chi connectivity index (χ3v) is 10.1. The Kier molecular flexibility index (Phi) is 6.32. The van der Waals surface area contributed by atoms with Gasteiger partial charge in [0.1, 0.15) is 6.10 Å². The molecule has 2 saturated carbocycles. The maximum absolute atomic E-state index is 12.5. The van der Waals surface area contributed by atoms with Crippen LogP contribution in [-0.4, -0.2) is 55.6 Å². The molecule has 5 nitrogen and oxygen atoms in total. The van der Waals surface area contributed by atoms with E-state index < -0.39 is 0 Å². The van der Waals surface area contributed by atoms with Gasteiger partial charge in [0, 0.05) is 26.1 Å². The Labute approximate surface area is 198 Å². The molecule has 0 spiro atoms. The number of ether oxygens (including phenoxy) is 2. The number of carbonyl (C=O) groups is 2. The molecule has 0 radical (unpaired) electrons. The van der Waals surface area contributed by atoms with Gasteiger partial charge in [-0.1, -0.05) is 31.6 Å². The fourth-order valence-electron chi connectivity index (χ4n) is 8.16. The smallest absolute Gasteiger partial charge is 0.307 e. The van der Waals surface area contributed by atoms with Crippen LogP contribution in [0.2, 0.25) is 0 Å². The Morgan fingerprint density at radius 1 is 1.06 bits per heavy atom. The van der Waals surface area contributed by atoms with Gasteiger partial charge in [0.05, 0.1) is 19.6 Å². The van der Waals surface area contributed by atoms with Crippen LogP contribution in [0.25, 0.3) is 0 Å². The monoisotopic (exact) mass is 455 g/mol. The first-order chi connectivity index (χ1) is 15.8. The number of hydrogen-bond donors (Lipinski definition) is 0.